The predicted octanol–water partition coefficient (Wildman–Crippen LogP) is 4.27. The highest BCUT2D eigenvalue weighted by Crippen LogP contribution is 2.39. The van der Waals surface area contributed by atoms with Gasteiger partial charge in [0.15, 0.2) is 0 Å². The Bertz CT molecular complexity index is 892. The van der Waals surface area contributed by atoms with Crippen molar-refractivity contribution in [2.24, 2.45) is 0 Å². The van der Waals surface area contributed by atoms with Crippen LogP contribution in [0.1, 0.15) is 15.9 Å². The molecule has 0 aromatic heterocycles. The lowest BCUT2D eigenvalue weighted by atomic mass is 10.2. The number of hydrogen-bond donors (Lipinski definition) is 1. The Labute approximate surface area is 172 Å². The Hall–Kier alpha value is -2.32. The third-order valence-electron chi connectivity index (χ3n) is 4.19. The van der Waals surface area contributed by atoms with E-state index in [9.17, 15) is 9.18 Å². The van der Waals surface area contributed by atoms with E-state index in [0.717, 1.165) is 17.1 Å². The van der Waals surface area contributed by atoms with Crippen LogP contribution in [0.4, 0.5) is 4.39 Å². The van der Waals surface area contributed by atoms with Gasteiger partial charge in [-0.15, -0.1) is 11.8 Å². The smallest absolute Gasteiger partial charge is 0.259 e. The van der Waals surface area contributed by atoms with E-state index in [1.165, 1.54) is 23.9 Å². The second kappa shape index (κ2) is 9.25. The number of hydrogen-bond acceptors (Lipinski definition) is 6. The molecule has 1 aliphatic rings. The van der Waals surface area contributed by atoms with Gasteiger partial charge >= 0.3 is 0 Å². The summed E-state index contributed by atoms with van der Waals surface area (Å²) in [5.41, 5.74) is 1.03. The van der Waals surface area contributed by atoms with Crippen molar-refractivity contribution < 1.29 is 18.7 Å². The predicted molar refractivity (Wildman–Crippen MR) is 112 cm³/mol. The van der Waals surface area contributed by atoms with Crippen LogP contribution in [0.3, 0.4) is 0 Å². The van der Waals surface area contributed by atoms with Crippen LogP contribution in [-0.4, -0.2) is 36.0 Å². The summed E-state index contributed by atoms with van der Waals surface area (Å²) >= 11 is 3.17. The minimum atomic E-state index is -0.537. The number of carbonyl (C=O) groups is 1. The molecule has 148 valence electrons. The second-order valence-corrected chi connectivity index (χ2v) is 8.28. The second-order valence-electron chi connectivity index (χ2n) is 5.94. The summed E-state index contributed by atoms with van der Waals surface area (Å²) in [7, 11) is 3.24. The summed E-state index contributed by atoms with van der Waals surface area (Å²) in [5.74, 6) is 0.470. The topological polar surface area (TPSA) is 50.8 Å². The first-order valence-corrected chi connectivity index (χ1v) is 10.7. The minimum absolute atomic E-state index is 0.0278. The number of halogens is 1. The number of nitrogens with zero attached hydrogens (tertiary/aromatic N) is 1. The summed E-state index contributed by atoms with van der Waals surface area (Å²) in [6.45, 7) is 0.602. The molecule has 2 aromatic rings. The molecule has 1 atom stereocenters. The number of benzene rings is 2. The normalized spacial score (nSPS) is 15.9. The molecule has 3 rings (SSSR count). The molecule has 8 heteroatoms. The van der Waals surface area contributed by atoms with E-state index >= 15 is 0 Å². The van der Waals surface area contributed by atoms with Crippen molar-refractivity contribution >= 4 is 29.4 Å². The van der Waals surface area contributed by atoms with E-state index in [-0.39, 0.29) is 10.3 Å². The molecular formula is C20H21FN2O3S2. The molecule has 0 spiro atoms. The van der Waals surface area contributed by atoms with Gasteiger partial charge in [-0.1, -0.05) is 23.9 Å². The fraction of sp³-hybridized carbons (Fsp3) is 0.250. The average molecular weight is 421 g/mol. The van der Waals surface area contributed by atoms with Gasteiger partial charge in [-0.2, -0.15) is 0 Å². The van der Waals surface area contributed by atoms with Crippen LogP contribution in [0.5, 0.6) is 11.5 Å². The van der Waals surface area contributed by atoms with Crippen molar-refractivity contribution in [1.82, 2.24) is 10.2 Å². The number of amides is 1. The minimum Gasteiger partial charge on any atom is -0.497 e. The zero-order chi connectivity index (χ0) is 20.1. The SMILES string of the molecule is COc1ccc(CN2C=C(NC(=O)c3ccccc3F)SC2SC)c(OC)c1. The van der Waals surface area contributed by atoms with Crippen molar-refractivity contribution in [3.8, 4) is 11.5 Å². The molecular weight excluding hydrogens is 399 g/mol. The van der Waals surface area contributed by atoms with Crippen molar-refractivity contribution in [3.63, 3.8) is 0 Å². The molecule has 0 radical (unpaired) electrons. The highest BCUT2D eigenvalue weighted by molar-refractivity contribution is 8.18. The molecule has 2 aromatic carbocycles. The van der Waals surface area contributed by atoms with Gasteiger partial charge in [-0.05, 0) is 30.5 Å². The molecule has 0 aliphatic carbocycles. The number of ether oxygens (including phenoxy) is 2. The third-order valence-corrected chi connectivity index (χ3v) is 6.66. The molecule has 0 fully saturated rings. The van der Waals surface area contributed by atoms with Crippen LogP contribution in [0.15, 0.2) is 53.7 Å². The van der Waals surface area contributed by atoms with Crippen molar-refractivity contribution in [3.05, 3.63) is 70.6 Å². The van der Waals surface area contributed by atoms with Crippen LogP contribution >= 0.6 is 23.5 Å². The van der Waals surface area contributed by atoms with Gasteiger partial charge in [-0.3, -0.25) is 4.79 Å². The highest BCUT2D eigenvalue weighted by atomic mass is 32.2. The molecule has 1 unspecified atom stereocenters. The van der Waals surface area contributed by atoms with Crippen molar-refractivity contribution in [1.29, 1.82) is 0 Å². The largest absolute Gasteiger partial charge is 0.497 e. The first-order valence-electron chi connectivity index (χ1n) is 8.49. The molecule has 0 bridgehead atoms. The van der Waals surface area contributed by atoms with Crippen molar-refractivity contribution in [2.75, 3.05) is 20.5 Å². The molecule has 1 amide bonds. The Morgan fingerprint density at radius 2 is 2.04 bits per heavy atom. The van der Waals surface area contributed by atoms with Crippen LogP contribution in [-0.2, 0) is 6.54 Å². The maximum Gasteiger partial charge on any atom is 0.259 e. The van der Waals surface area contributed by atoms with E-state index in [4.69, 9.17) is 9.47 Å². The lowest BCUT2D eigenvalue weighted by Gasteiger charge is -2.23. The number of nitrogens with one attached hydrogen (secondary N) is 1. The zero-order valence-corrected chi connectivity index (χ0v) is 17.4. The van der Waals surface area contributed by atoms with Gasteiger partial charge in [0.05, 0.1) is 24.8 Å². The Kier molecular flexibility index (Phi) is 6.74. The summed E-state index contributed by atoms with van der Waals surface area (Å²) < 4.78 is 24.6. The van der Waals surface area contributed by atoms with E-state index in [1.807, 2.05) is 30.7 Å². The van der Waals surface area contributed by atoms with Crippen LogP contribution in [0.25, 0.3) is 0 Å². The fourth-order valence-electron chi connectivity index (χ4n) is 2.79. The summed E-state index contributed by atoms with van der Waals surface area (Å²) in [5, 5.41) is 3.48. The molecule has 28 heavy (non-hydrogen) atoms. The van der Waals surface area contributed by atoms with Gasteiger partial charge < -0.3 is 19.7 Å². The quantitative estimate of drug-likeness (QED) is 0.722. The van der Waals surface area contributed by atoms with E-state index in [2.05, 4.69) is 10.2 Å². The molecule has 1 aliphatic heterocycles. The Morgan fingerprint density at radius 3 is 2.71 bits per heavy atom. The maximum absolute atomic E-state index is 13.8. The number of thioether (sulfide) groups is 2. The monoisotopic (exact) mass is 420 g/mol. The van der Waals surface area contributed by atoms with Crippen LogP contribution in [0.2, 0.25) is 0 Å². The van der Waals surface area contributed by atoms with Crippen LogP contribution < -0.4 is 14.8 Å². The van der Waals surface area contributed by atoms with E-state index < -0.39 is 11.7 Å². The number of carbonyl (C=O) groups excluding carboxylic acids is 1. The fourth-order valence-corrected chi connectivity index (χ4v) is 4.73. The maximum atomic E-state index is 13.8. The van der Waals surface area contributed by atoms with E-state index in [0.29, 0.717) is 11.6 Å². The first kappa shape index (κ1) is 20.4. The third kappa shape index (κ3) is 4.56. The average Bonchev–Trinajstić information content (AvgIpc) is 3.09. The number of rotatable bonds is 7. The summed E-state index contributed by atoms with van der Waals surface area (Å²) in [4.78, 5) is 14.5. The van der Waals surface area contributed by atoms with E-state index in [1.54, 1.807) is 38.1 Å². The van der Waals surface area contributed by atoms with Crippen LogP contribution in [0, 0.1) is 5.82 Å². The van der Waals surface area contributed by atoms with Gasteiger partial charge in [-0.25, -0.2) is 4.39 Å². The van der Waals surface area contributed by atoms with Crippen molar-refractivity contribution in [2.45, 2.75) is 11.3 Å². The standard InChI is InChI=1S/C20H21FN2O3S2/c1-25-14-9-8-13(17(10-14)26-2)11-23-12-18(28-20(23)27-3)22-19(24)15-6-4-5-7-16(15)21/h4-10,12,20H,11H2,1-3H3,(H,22,24). The first-order chi connectivity index (χ1) is 13.5. The molecule has 5 nitrogen and oxygen atoms in total. The summed E-state index contributed by atoms with van der Waals surface area (Å²) in [6.07, 6.45) is 3.89. The summed E-state index contributed by atoms with van der Waals surface area (Å²) in [6, 6.07) is 11.6. The number of methoxy groups -OCH3 is 2. The highest BCUT2D eigenvalue weighted by Gasteiger charge is 2.27. The van der Waals surface area contributed by atoms with Gasteiger partial charge in [0, 0.05) is 24.4 Å². The molecule has 0 saturated heterocycles. The Morgan fingerprint density at radius 1 is 1.25 bits per heavy atom. The zero-order valence-electron chi connectivity index (χ0n) is 15.8. The lowest BCUT2D eigenvalue weighted by molar-refractivity contribution is 0.0964. The molecule has 1 N–H and O–H groups in total. The molecule has 1 heterocycles. The Balaban J connectivity index is 1.75. The lowest BCUT2D eigenvalue weighted by Crippen LogP contribution is -2.22. The van der Waals surface area contributed by atoms with Gasteiger partial charge in [0.25, 0.3) is 5.91 Å². The molecule has 0 saturated carbocycles. The van der Waals surface area contributed by atoms with Gasteiger partial charge in [0.1, 0.15) is 22.0 Å². The van der Waals surface area contributed by atoms with Gasteiger partial charge in [0.2, 0.25) is 0 Å².